The van der Waals surface area contributed by atoms with Gasteiger partial charge in [-0.1, -0.05) is 18.2 Å². The molecule has 0 saturated carbocycles. The molecule has 5 nitrogen and oxygen atoms in total. The van der Waals surface area contributed by atoms with Crippen molar-refractivity contribution in [1.29, 1.82) is 0 Å². The van der Waals surface area contributed by atoms with Gasteiger partial charge in [0.15, 0.2) is 0 Å². The first-order valence-corrected chi connectivity index (χ1v) is 10.7. The highest BCUT2D eigenvalue weighted by atomic mass is 32.2. The van der Waals surface area contributed by atoms with Crippen LogP contribution in [-0.4, -0.2) is 24.0 Å². The third kappa shape index (κ3) is 3.50. The zero-order valence-electron chi connectivity index (χ0n) is 16.9. The van der Waals surface area contributed by atoms with Gasteiger partial charge in [0.05, 0.1) is 16.8 Å². The lowest BCUT2D eigenvalue weighted by Crippen LogP contribution is -2.30. The molecule has 0 radical (unpaired) electrons. The van der Waals surface area contributed by atoms with Gasteiger partial charge in [0.2, 0.25) is 0 Å². The molecule has 0 aromatic heterocycles. The van der Waals surface area contributed by atoms with Crippen LogP contribution in [-0.2, 0) is 0 Å². The smallest absolute Gasteiger partial charge is 0.266 e. The van der Waals surface area contributed by atoms with E-state index in [1.165, 1.54) is 11.0 Å². The minimum absolute atomic E-state index is 0.242. The van der Waals surface area contributed by atoms with E-state index < -0.39 is 5.91 Å². The normalized spacial score (nSPS) is 12.8. The highest BCUT2D eigenvalue weighted by Gasteiger charge is 2.37. The third-order valence-corrected chi connectivity index (χ3v) is 5.81. The molecule has 3 aromatic carbocycles. The average molecular weight is 417 g/mol. The van der Waals surface area contributed by atoms with Crippen molar-refractivity contribution in [3.8, 4) is 0 Å². The average Bonchev–Trinajstić information content (AvgIpc) is 2.99. The topological polar surface area (TPSA) is 66.5 Å². The van der Waals surface area contributed by atoms with Crippen LogP contribution in [0.5, 0.6) is 0 Å². The van der Waals surface area contributed by atoms with Gasteiger partial charge in [-0.3, -0.25) is 14.4 Å². The first-order valence-electron chi connectivity index (χ1n) is 9.44. The fourth-order valence-electron chi connectivity index (χ4n) is 3.47. The van der Waals surface area contributed by atoms with Crippen LogP contribution >= 0.6 is 11.8 Å². The Hall–Kier alpha value is -3.38. The van der Waals surface area contributed by atoms with Gasteiger partial charge in [-0.2, -0.15) is 0 Å². The standard InChI is InChI=1S/C24H20N2O3S/c1-14-7-8-15(2)21(11-14)26-23(28)19-10-9-16(12-20(19)24(26)29)22(27)25-17-5-4-6-18(13-17)30-3/h4-13H,1-3H3,(H,25,27). The zero-order valence-corrected chi connectivity index (χ0v) is 17.7. The van der Waals surface area contributed by atoms with E-state index in [0.717, 1.165) is 16.0 Å². The first-order chi connectivity index (χ1) is 14.4. The van der Waals surface area contributed by atoms with Crippen LogP contribution < -0.4 is 10.2 Å². The molecule has 150 valence electrons. The molecule has 1 heterocycles. The molecular weight excluding hydrogens is 396 g/mol. The van der Waals surface area contributed by atoms with Gasteiger partial charge in [0.1, 0.15) is 0 Å². The molecule has 0 unspecified atom stereocenters. The molecule has 1 N–H and O–H groups in total. The number of aryl methyl sites for hydroxylation is 2. The molecule has 0 spiro atoms. The van der Waals surface area contributed by atoms with Crippen molar-refractivity contribution in [3.63, 3.8) is 0 Å². The fraction of sp³-hybridized carbons (Fsp3) is 0.125. The van der Waals surface area contributed by atoms with Gasteiger partial charge in [-0.25, -0.2) is 4.90 Å². The minimum atomic E-state index is -0.414. The number of amides is 3. The summed E-state index contributed by atoms with van der Waals surface area (Å²) in [5.74, 6) is -1.12. The van der Waals surface area contributed by atoms with Crippen LogP contribution in [0.25, 0.3) is 0 Å². The van der Waals surface area contributed by atoms with Crippen molar-refractivity contribution < 1.29 is 14.4 Å². The number of rotatable bonds is 4. The lowest BCUT2D eigenvalue weighted by molar-refractivity contribution is 0.0925. The molecule has 3 amide bonds. The summed E-state index contributed by atoms with van der Waals surface area (Å²) in [6.07, 6.45) is 1.96. The Morgan fingerprint density at radius 2 is 1.67 bits per heavy atom. The Bertz CT molecular complexity index is 1200. The van der Waals surface area contributed by atoms with E-state index in [2.05, 4.69) is 5.32 Å². The summed E-state index contributed by atoms with van der Waals surface area (Å²) in [4.78, 5) is 40.9. The molecule has 3 aromatic rings. The highest BCUT2D eigenvalue weighted by molar-refractivity contribution is 7.98. The van der Waals surface area contributed by atoms with Crippen LogP contribution in [0.1, 0.15) is 42.2 Å². The predicted octanol–water partition coefficient (Wildman–Crippen LogP) is 5.08. The number of hydrogen-bond donors (Lipinski definition) is 1. The molecule has 1 aliphatic heterocycles. The molecule has 4 rings (SSSR count). The van der Waals surface area contributed by atoms with Crippen LogP contribution in [0.4, 0.5) is 11.4 Å². The van der Waals surface area contributed by atoms with Crippen molar-refractivity contribution in [2.24, 2.45) is 0 Å². The first kappa shape index (κ1) is 19.9. The van der Waals surface area contributed by atoms with Gasteiger partial charge >= 0.3 is 0 Å². The zero-order chi connectivity index (χ0) is 21.4. The highest BCUT2D eigenvalue weighted by Crippen LogP contribution is 2.32. The maximum Gasteiger partial charge on any atom is 0.266 e. The van der Waals surface area contributed by atoms with E-state index in [9.17, 15) is 14.4 Å². The van der Waals surface area contributed by atoms with Crippen LogP contribution in [0.2, 0.25) is 0 Å². The molecule has 1 aliphatic rings. The summed E-state index contributed by atoms with van der Waals surface area (Å²) in [6, 6.07) is 17.8. The van der Waals surface area contributed by atoms with Crippen LogP contribution in [0, 0.1) is 13.8 Å². The van der Waals surface area contributed by atoms with Crippen LogP contribution in [0.3, 0.4) is 0 Å². The second-order valence-electron chi connectivity index (χ2n) is 7.18. The summed E-state index contributed by atoms with van der Waals surface area (Å²) in [7, 11) is 0. The van der Waals surface area contributed by atoms with E-state index in [4.69, 9.17) is 0 Å². The second-order valence-corrected chi connectivity index (χ2v) is 8.06. The Labute approximate surface area is 179 Å². The molecule has 0 atom stereocenters. The molecule has 0 aliphatic carbocycles. The summed E-state index contributed by atoms with van der Waals surface area (Å²) in [6.45, 7) is 3.77. The number of hydrogen-bond acceptors (Lipinski definition) is 4. The largest absolute Gasteiger partial charge is 0.322 e. The predicted molar refractivity (Wildman–Crippen MR) is 120 cm³/mol. The summed E-state index contributed by atoms with van der Waals surface area (Å²) >= 11 is 1.58. The van der Waals surface area contributed by atoms with E-state index in [-0.39, 0.29) is 17.4 Å². The summed E-state index contributed by atoms with van der Waals surface area (Å²) in [5, 5.41) is 2.85. The van der Waals surface area contributed by atoms with E-state index >= 15 is 0 Å². The SMILES string of the molecule is CSc1cccc(NC(=O)c2ccc3c(c2)C(=O)N(c2cc(C)ccc2C)C3=O)c1. The molecule has 0 bridgehead atoms. The monoisotopic (exact) mass is 416 g/mol. The van der Waals surface area contributed by atoms with E-state index in [1.807, 2.05) is 62.6 Å². The number of benzene rings is 3. The van der Waals surface area contributed by atoms with Gasteiger partial charge < -0.3 is 5.32 Å². The Kier molecular flexibility index (Phi) is 5.18. The van der Waals surface area contributed by atoms with Crippen molar-refractivity contribution in [1.82, 2.24) is 0 Å². The summed E-state index contributed by atoms with van der Waals surface area (Å²) in [5.41, 5.74) is 3.91. The quantitative estimate of drug-likeness (QED) is 0.476. The number of thioether (sulfide) groups is 1. The van der Waals surface area contributed by atoms with E-state index in [1.54, 1.807) is 23.9 Å². The van der Waals surface area contributed by atoms with Crippen molar-refractivity contribution in [3.05, 3.63) is 88.5 Å². The van der Waals surface area contributed by atoms with Crippen molar-refractivity contribution in [2.75, 3.05) is 16.5 Å². The van der Waals surface area contributed by atoms with Gasteiger partial charge in [-0.15, -0.1) is 11.8 Å². The number of imide groups is 1. The van der Waals surface area contributed by atoms with Crippen molar-refractivity contribution >= 4 is 40.9 Å². The number of nitrogens with one attached hydrogen (secondary N) is 1. The lowest BCUT2D eigenvalue weighted by Gasteiger charge is -2.17. The number of nitrogens with zero attached hydrogens (tertiary/aromatic N) is 1. The van der Waals surface area contributed by atoms with Gasteiger partial charge in [0, 0.05) is 16.1 Å². The number of carbonyl (C=O) groups is 3. The van der Waals surface area contributed by atoms with Gasteiger partial charge in [-0.05, 0) is 73.7 Å². The third-order valence-electron chi connectivity index (χ3n) is 5.08. The number of carbonyl (C=O) groups excluding carboxylic acids is 3. The summed E-state index contributed by atoms with van der Waals surface area (Å²) < 4.78 is 0. The second kappa shape index (κ2) is 7.80. The number of anilines is 2. The molecule has 0 saturated heterocycles. The fourth-order valence-corrected chi connectivity index (χ4v) is 3.92. The van der Waals surface area contributed by atoms with Gasteiger partial charge in [0.25, 0.3) is 17.7 Å². The molecule has 30 heavy (non-hydrogen) atoms. The Morgan fingerprint density at radius 1 is 0.900 bits per heavy atom. The van der Waals surface area contributed by atoms with Crippen molar-refractivity contribution in [2.45, 2.75) is 18.7 Å². The molecule has 6 heteroatoms. The Balaban J connectivity index is 1.64. The number of fused-ring (bicyclic) bond motifs is 1. The molecular formula is C24H20N2O3S. The minimum Gasteiger partial charge on any atom is -0.322 e. The lowest BCUT2D eigenvalue weighted by atomic mass is 10.1. The molecule has 0 fully saturated rings. The maximum absolute atomic E-state index is 13.1. The Morgan fingerprint density at radius 3 is 2.43 bits per heavy atom. The maximum atomic E-state index is 13.1. The van der Waals surface area contributed by atoms with E-state index in [0.29, 0.717) is 22.5 Å². The van der Waals surface area contributed by atoms with Crippen LogP contribution in [0.15, 0.2) is 65.6 Å².